The molecule has 1 aromatic heterocycles. The molecule has 0 saturated carbocycles. The lowest BCUT2D eigenvalue weighted by atomic mass is 9.12. The standard InChI is InChI=1S/C32H12BF24.C12H10Br2N/c34-25(35,36)13-1-14(26(37,38)39)6-21(5-13)33(22-7-15(27(40,41)42)2-16(8-22)28(43,44)45,23-9-17(29(46,47)48)3-18(10-23)30(49,50)51)24-11-19(31(52,53)54)4-20(12-24)32(55,56)57;13-11-6-7-12(14)15(9-11)8-10-4-2-1-3-5-10/h1-12H;1-7,9H,8H2/q-1;+1. The van der Waals surface area contributed by atoms with Crippen LogP contribution in [-0.2, 0) is 56.0 Å². The molecule has 1 heterocycles. The van der Waals surface area contributed by atoms with Crippen molar-refractivity contribution < 1.29 is 110 Å². The average molecular weight is 1190 g/mol. The second kappa shape index (κ2) is 19.8. The molecule has 5 aromatic carbocycles. The van der Waals surface area contributed by atoms with Crippen LogP contribution in [0.15, 0.2) is 131 Å². The average Bonchev–Trinajstić information content (AvgIpc) is 3.23. The molecule has 6 aromatic rings. The number of aromatic nitrogens is 1. The van der Waals surface area contributed by atoms with Gasteiger partial charge in [-0.3, -0.25) is 0 Å². The van der Waals surface area contributed by atoms with Crippen LogP contribution in [0.25, 0.3) is 0 Å². The first-order valence-electron chi connectivity index (χ1n) is 19.3. The maximum atomic E-state index is 14.2. The summed E-state index contributed by atoms with van der Waals surface area (Å²) >= 11 is 7.00. The molecule has 0 aliphatic carbocycles. The van der Waals surface area contributed by atoms with Crippen LogP contribution in [0.4, 0.5) is 105 Å². The summed E-state index contributed by atoms with van der Waals surface area (Å²) in [5.74, 6) is 0. The van der Waals surface area contributed by atoms with E-state index in [0.717, 1.165) is 15.6 Å². The van der Waals surface area contributed by atoms with Crippen molar-refractivity contribution in [2.75, 3.05) is 0 Å². The Balaban J connectivity index is 0.000000542. The maximum absolute atomic E-state index is 14.2. The van der Waals surface area contributed by atoms with E-state index in [1.54, 1.807) is 0 Å². The lowest BCUT2D eigenvalue weighted by Gasteiger charge is -2.46. The van der Waals surface area contributed by atoms with Crippen LogP contribution < -0.4 is 26.4 Å². The van der Waals surface area contributed by atoms with Gasteiger partial charge in [-0.05, 0) is 46.3 Å². The molecule has 0 N–H and O–H groups in total. The van der Waals surface area contributed by atoms with Gasteiger partial charge in [-0.15, -0.1) is 0 Å². The van der Waals surface area contributed by atoms with Gasteiger partial charge < -0.3 is 0 Å². The molecule has 0 amide bonds. The summed E-state index contributed by atoms with van der Waals surface area (Å²) in [6.45, 7) is 0.876. The molecule has 0 spiro atoms. The predicted octanol–water partition coefficient (Wildman–Crippen LogP) is 14.8. The summed E-state index contributed by atoms with van der Waals surface area (Å²) in [5, 5.41) is 0. The van der Waals surface area contributed by atoms with Crippen molar-refractivity contribution in [2.24, 2.45) is 0 Å². The molecule has 0 aliphatic heterocycles. The topological polar surface area (TPSA) is 3.88 Å². The zero-order chi connectivity index (χ0) is 54.6. The van der Waals surface area contributed by atoms with Crippen LogP contribution in [0.3, 0.4) is 0 Å². The number of hydrogen-bond acceptors (Lipinski definition) is 0. The fourth-order valence-electron chi connectivity index (χ4n) is 7.47. The van der Waals surface area contributed by atoms with Crippen LogP contribution in [0.1, 0.15) is 50.1 Å². The zero-order valence-electron chi connectivity index (χ0n) is 34.6. The summed E-state index contributed by atoms with van der Waals surface area (Å²) in [7, 11) is 0. The van der Waals surface area contributed by atoms with Crippen LogP contribution in [0, 0.1) is 0 Å². The SMILES string of the molecule is Brc1ccc(Br)[n+](Cc2ccccc2)c1.FC(F)(F)c1cc([B-](c2cc(C(F)(F)F)cc(C(F)(F)F)c2)(c2cc(C(F)(F)F)cc(C(F)(F)F)c2)c2cc(C(F)(F)F)cc(C(F)(F)F)c2)cc(C(F)(F)F)c1. The minimum absolute atomic E-state index is 0.691. The number of rotatable bonds is 6. The summed E-state index contributed by atoms with van der Waals surface area (Å²) in [4.78, 5) is 0. The van der Waals surface area contributed by atoms with E-state index in [-0.39, 0.29) is 0 Å². The van der Waals surface area contributed by atoms with E-state index in [1.807, 2.05) is 18.2 Å². The number of benzene rings is 5. The third-order valence-corrected chi connectivity index (χ3v) is 11.8. The van der Waals surface area contributed by atoms with Gasteiger partial charge in [0.1, 0.15) is 6.15 Å². The van der Waals surface area contributed by atoms with Crippen molar-refractivity contribution >= 4 is 59.9 Å². The number of alkyl halides is 24. The lowest BCUT2D eigenvalue weighted by Crippen LogP contribution is -2.75. The molecule has 0 aliphatic rings. The van der Waals surface area contributed by atoms with Gasteiger partial charge in [0.15, 0.2) is 12.7 Å². The van der Waals surface area contributed by atoms with E-state index >= 15 is 0 Å². The van der Waals surface area contributed by atoms with E-state index in [2.05, 4.69) is 66.9 Å². The Hall–Kier alpha value is -5.41. The van der Waals surface area contributed by atoms with E-state index in [0.29, 0.717) is 0 Å². The minimum Gasteiger partial charge on any atom is -0.194 e. The fraction of sp³-hybridized carbons (Fsp3) is 0.205. The molecule has 28 heteroatoms. The number of nitrogens with zero attached hydrogens (tertiary/aromatic N) is 1. The van der Waals surface area contributed by atoms with Gasteiger partial charge in [-0.2, -0.15) is 132 Å². The lowest BCUT2D eigenvalue weighted by molar-refractivity contribution is -0.699. The zero-order valence-corrected chi connectivity index (χ0v) is 37.8. The molecular weight excluding hydrogens is 1170 g/mol. The second-order valence-electron chi connectivity index (χ2n) is 15.5. The van der Waals surface area contributed by atoms with Gasteiger partial charge >= 0.3 is 49.4 Å². The second-order valence-corrected chi connectivity index (χ2v) is 17.2. The largest absolute Gasteiger partial charge is 0.416 e. The Kier molecular flexibility index (Phi) is 15.8. The Bertz CT molecular complexity index is 2470. The van der Waals surface area contributed by atoms with Gasteiger partial charge in [0.05, 0.1) is 49.0 Å². The summed E-state index contributed by atoms with van der Waals surface area (Å²) in [6.07, 6.45) is -52.7. The molecule has 0 radical (unpaired) electrons. The molecule has 0 unspecified atom stereocenters. The smallest absolute Gasteiger partial charge is 0.194 e. The monoisotopic (exact) mass is 1190 g/mol. The molecule has 0 bridgehead atoms. The Morgan fingerprint density at radius 1 is 0.319 bits per heavy atom. The predicted molar refractivity (Wildman–Crippen MR) is 218 cm³/mol. The summed E-state index contributed by atoms with van der Waals surface area (Å²) in [6, 6.07) is 5.64. The number of hydrogen-bond donors (Lipinski definition) is 0. The minimum atomic E-state index is -6.13. The quantitative estimate of drug-likeness (QED) is 0.0677. The van der Waals surface area contributed by atoms with Crippen molar-refractivity contribution in [1.29, 1.82) is 0 Å². The van der Waals surface area contributed by atoms with E-state index in [4.69, 9.17) is 0 Å². The van der Waals surface area contributed by atoms with Crippen molar-refractivity contribution in [3.63, 3.8) is 0 Å². The van der Waals surface area contributed by atoms with Crippen LogP contribution in [-0.4, -0.2) is 6.15 Å². The van der Waals surface area contributed by atoms with Gasteiger partial charge in [-0.25, -0.2) is 0 Å². The Morgan fingerprint density at radius 3 is 0.778 bits per heavy atom. The van der Waals surface area contributed by atoms with Crippen LogP contribution in [0.5, 0.6) is 0 Å². The first kappa shape index (κ1) is 57.5. The van der Waals surface area contributed by atoms with E-state index in [1.165, 1.54) is 5.56 Å². The molecule has 0 atom stereocenters. The normalized spacial score (nSPS) is 13.5. The highest BCUT2D eigenvalue weighted by Gasteiger charge is 2.47. The van der Waals surface area contributed by atoms with Gasteiger partial charge in [0.2, 0.25) is 4.60 Å². The third kappa shape index (κ3) is 13.4. The fourth-order valence-corrected chi connectivity index (χ4v) is 8.21. The van der Waals surface area contributed by atoms with Crippen molar-refractivity contribution in [3.05, 3.63) is 181 Å². The highest BCUT2D eigenvalue weighted by atomic mass is 79.9. The molecule has 388 valence electrons. The Morgan fingerprint density at radius 2 is 0.556 bits per heavy atom. The van der Waals surface area contributed by atoms with Crippen LogP contribution >= 0.6 is 31.9 Å². The summed E-state index contributed by atoms with van der Waals surface area (Å²) in [5.41, 5.74) is -28.9. The molecular formula is C44H22BBr2F24N. The maximum Gasteiger partial charge on any atom is 0.416 e. The first-order chi connectivity index (χ1) is 32.5. The van der Waals surface area contributed by atoms with Crippen molar-refractivity contribution in [3.8, 4) is 0 Å². The van der Waals surface area contributed by atoms with Crippen LogP contribution in [0.2, 0.25) is 0 Å². The Labute approximate surface area is 405 Å². The van der Waals surface area contributed by atoms with Crippen molar-refractivity contribution in [1.82, 2.24) is 0 Å². The van der Waals surface area contributed by atoms with Gasteiger partial charge in [-0.1, -0.05) is 78.9 Å². The highest BCUT2D eigenvalue weighted by Crippen LogP contribution is 2.41. The molecule has 72 heavy (non-hydrogen) atoms. The number of halogens is 26. The molecule has 1 nitrogen and oxygen atoms in total. The molecule has 0 saturated heterocycles. The molecule has 0 fully saturated rings. The molecule has 6 rings (SSSR count). The third-order valence-electron chi connectivity index (χ3n) is 10.6. The summed E-state index contributed by atoms with van der Waals surface area (Å²) < 4.78 is 345. The van der Waals surface area contributed by atoms with E-state index < -0.39 is 195 Å². The van der Waals surface area contributed by atoms with Gasteiger partial charge in [0.25, 0.3) is 0 Å². The number of pyridine rings is 1. The first-order valence-corrected chi connectivity index (χ1v) is 20.8. The highest BCUT2D eigenvalue weighted by molar-refractivity contribution is 9.10. The van der Waals surface area contributed by atoms with E-state index in [9.17, 15) is 105 Å². The van der Waals surface area contributed by atoms with Gasteiger partial charge in [0, 0.05) is 27.6 Å². The van der Waals surface area contributed by atoms with Crippen molar-refractivity contribution in [2.45, 2.75) is 56.0 Å².